The van der Waals surface area contributed by atoms with Gasteiger partial charge in [-0.15, -0.1) is 0 Å². The Balaban J connectivity index is 1.76. The summed E-state index contributed by atoms with van der Waals surface area (Å²) in [5.74, 6) is 0.0940. The van der Waals surface area contributed by atoms with Crippen LogP contribution in [0, 0.1) is 0 Å². The third-order valence-electron chi connectivity index (χ3n) is 5.10. The second-order valence-corrected chi connectivity index (χ2v) is 7.18. The van der Waals surface area contributed by atoms with E-state index < -0.39 is 12.3 Å². The minimum atomic E-state index is -2.81. The highest BCUT2D eigenvalue weighted by Crippen LogP contribution is 2.32. The van der Waals surface area contributed by atoms with Crippen molar-refractivity contribution >= 4 is 11.6 Å². The van der Waals surface area contributed by atoms with Crippen LogP contribution in [0.5, 0.6) is 5.75 Å². The number of carbonyl (C=O) groups excluding carboxylic acids is 1. The summed E-state index contributed by atoms with van der Waals surface area (Å²) in [4.78, 5) is 19.1. The van der Waals surface area contributed by atoms with Gasteiger partial charge in [0.2, 0.25) is 0 Å². The normalized spacial score (nSPS) is 11.3. The van der Waals surface area contributed by atoms with E-state index in [1.807, 2.05) is 19.2 Å². The lowest BCUT2D eigenvalue weighted by Gasteiger charge is -2.15. The Morgan fingerprint density at radius 3 is 2.72 bits per heavy atom. The van der Waals surface area contributed by atoms with Crippen LogP contribution in [0.2, 0.25) is 0 Å². The fraction of sp³-hybridized carbons (Fsp3) is 0.273. The summed E-state index contributed by atoms with van der Waals surface area (Å²) in [5.41, 5.74) is 1.34. The van der Waals surface area contributed by atoms with Crippen LogP contribution in [0.1, 0.15) is 35.1 Å². The average Bonchev–Trinajstić information content (AvgIpc) is 3.44. The Labute approximate surface area is 183 Å². The second kappa shape index (κ2) is 8.74. The van der Waals surface area contributed by atoms with Gasteiger partial charge in [-0.2, -0.15) is 10.2 Å². The van der Waals surface area contributed by atoms with Gasteiger partial charge in [0.25, 0.3) is 12.3 Å². The van der Waals surface area contributed by atoms with E-state index in [0.717, 1.165) is 16.8 Å². The van der Waals surface area contributed by atoms with Gasteiger partial charge in [-0.25, -0.2) is 18.3 Å². The molecule has 1 aromatic carbocycles. The van der Waals surface area contributed by atoms with E-state index in [-0.39, 0.29) is 29.1 Å². The molecule has 3 aromatic heterocycles. The Hall–Kier alpha value is -3.82. The van der Waals surface area contributed by atoms with E-state index in [2.05, 4.69) is 15.2 Å². The van der Waals surface area contributed by atoms with Gasteiger partial charge >= 0.3 is 0 Å². The number of hydrogen-bond acceptors (Lipinski definition) is 5. The van der Waals surface area contributed by atoms with Crippen molar-refractivity contribution in [1.82, 2.24) is 29.3 Å². The molecule has 0 radical (unpaired) electrons. The van der Waals surface area contributed by atoms with Crippen LogP contribution in [0.25, 0.3) is 16.9 Å². The number of ether oxygens (including phenoxy) is 1. The maximum absolute atomic E-state index is 13.8. The Morgan fingerprint density at radius 1 is 1.25 bits per heavy atom. The third kappa shape index (κ3) is 3.91. The van der Waals surface area contributed by atoms with Crippen LogP contribution in [0.3, 0.4) is 0 Å². The Morgan fingerprint density at radius 2 is 2.03 bits per heavy atom. The highest BCUT2D eigenvalue weighted by atomic mass is 19.3. The quantitative estimate of drug-likeness (QED) is 0.437. The molecule has 0 aliphatic heterocycles. The molecular weight excluding hydrogens is 418 g/mol. The van der Waals surface area contributed by atoms with Crippen molar-refractivity contribution in [3.8, 4) is 17.0 Å². The zero-order chi connectivity index (χ0) is 22.8. The molecule has 4 aromatic rings. The highest BCUT2D eigenvalue weighted by molar-refractivity contribution is 5.99. The molecule has 0 aliphatic carbocycles. The number of nitrogens with zero attached hydrogens (tertiary/aromatic N) is 6. The minimum Gasteiger partial charge on any atom is -0.496 e. The summed E-state index contributed by atoms with van der Waals surface area (Å²) in [5, 5.41) is 8.40. The number of hydrogen-bond donors (Lipinski definition) is 0. The molecule has 0 saturated carbocycles. The van der Waals surface area contributed by atoms with Crippen molar-refractivity contribution in [2.24, 2.45) is 0 Å². The number of aromatic nitrogens is 5. The van der Waals surface area contributed by atoms with Gasteiger partial charge in [0.15, 0.2) is 5.65 Å². The number of benzene rings is 1. The van der Waals surface area contributed by atoms with Crippen molar-refractivity contribution in [1.29, 1.82) is 0 Å². The summed E-state index contributed by atoms with van der Waals surface area (Å²) in [6.45, 7) is 2.95. The molecule has 8 nitrogen and oxygen atoms in total. The molecule has 0 N–H and O–H groups in total. The van der Waals surface area contributed by atoms with Crippen LogP contribution in [-0.4, -0.2) is 49.3 Å². The second-order valence-electron chi connectivity index (χ2n) is 7.18. The number of methoxy groups -OCH3 is 1. The van der Waals surface area contributed by atoms with Gasteiger partial charge in [0.05, 0.1) is 31.2 Å². The molecule has 166 valence electrons. The van der Waals surface area contributed by atoms with E-state index in [0.29, 0.717) is 11.3 Å². The summed E-state index contributed by atoms with van der Waals surface area (Å²) < 4.78 is 35.8. The van der Waals surface area contributed by atoms with Crippen molar-refractivity contribution in [2.45, 2.75) is 26.4 Å². The Kier molecular flexibility index (Phi) is 5.85. The van der Waals surface area contributed by atoms with Crippen LogP contribution < -0.4 is 4.74 Å². The van der Waals surface area contributed by atoms with Gasteiger partial charge in [-0.1, -0.05) is 12.1 Å². The summed E-state index contributed by atoms with van der Waals surface area (Å²) in [6.07, 6.45) is 0.287. The summed E-state index contributed by atoms with van der Waals surface area (Å²) in [7, 11) is 3.11. The third-order valence-corrected chi connectivity index (χ3v) is 5.10. The van der Waals surface area contributed by atoms with Crippen molar-refractivity contribution in [2.75, 3.05) is 14.2 Å². The molecular formula is C22H22F2N6O2. The van der Waals surface area contributed by atoms with Crippen molar-refractivity contribution < 1.29 is 18.3 Å². The highest BCUT2D eigenvalue weighted by Gasteiger charge is 2.24. The largest absolute Gasteiger partial charge is 0.496 e. The first-order chi connectivity index (χ1) is 15.4. The fourth-order valence-electron chi connectivity index (χ4n) is 3.47. The first kappa shape index (κ1) is 21.4. The number of amides is 1. The van der Waals surface area contributed by atoms with Crippen LogP contribution in [0.15, 0.2) is 48.8 Å². The number of para-hydroxylation sites is 1. The molecule has 0 fully saturated rings. The van der Waals surface area contributed by atoms with Crippen molar-refractivity contribution in [3.63, 3.8) is 0 Å². The van der Waals surface area contributed by atoms with E-state index in [4.69, 9.17) is 4.74 Å². The molecule has 10 heteroatoms. The van der Waals surface area contributed by atoms with E-state index in [1.54, 1.807) is 36.0 Å². The molecule has 0 atom stereocenters. The number of fused-ring (bicyclic) bond motifs is 1. The lowest BCUT2D eigenvalue weighted by atomic mass is 10.1. The molecule has 0 saturated heterocycles. The number of rotatable bonds is 7. The SMILES string of the molecule is CCn1ccc(CN(C)C(=O)c2cnn3c(C(F)F)cc(-c4ccccc4OC)nc23)n1. The van der Waals surface area contributed by atoms with Gasteiger partial charge in [-0.05, 0) is 31.2 Å². The average molecular weight is 440 g/mol. The first-order valence-electron chi connectivity index (χ1n) is 10.0. The zero-order valence-corrected chi connectivity index (χ0v) is 17.9. The molecule has 0 spiro atoms. The number of aryl methyl sites for hydroxylation is 1. The van der Waals surface area contributed by atoms with Crippen LogP contribution in [0.4, 0.5) is 8.78 Å². The maximum Gasteiger partial charge on any atom is 0.280 e. The number of carbonyl (C=O) groups is 1. The molecule has 1 amide bonds. The molecule has 3 heterocycles. The zero-order valence-electron chi connectivity index (χ0n) is 17.9. The summed E-state index contributed by atoms with van der Waals surface area (Å²) >= 11 is 0. The maximum atomic E-state index is 13.8. The topological polar surface area (TPSA) is 77.6 Å². The fourth-order valence-corrected chi connectivity index (χ4v) is 3.47. The predicted octanol–water partition coefficient (Wildman–Crippen LogP) is 3.83. The molecule has 0 bridgehead atoms. The molecule has 0 aliphatic rings. The van der Waals surface area contributed by atoms with E-state index in [9.17, 15) is 13.6 Å². The monoisotopic (exact) mass is 440 g/mol. The van der Waals surface area contributed by atoms with Crippen molar-refractivity contribution in [3.05, 3.63) is 65.7 Å². The predicted molar refractivity (Wildman–Crippen MR) is 114 cm³/mol. The standard InChI is InChI=1S/C22H22F2N6O2/c1-4-29-10-9-14(27-29)13-28(2)22(31)16-12-25-30-18(20(23)24)11-17(26-21(16)30)15-7-5-6-8-19(15)32-3/h5-12,20H,4,13H2,1-3H3. The van der Waals surface area contributed by atoms with E-state index in [1.165, 1.54) is 24.3 Å². The minimum absolute atomic E-state index is 0.0552. The smallest absolute Gasteiger partial charge is 0.280 e. The van der Waals surface area contributed by atoms with Crippen LogP contribution >= 0.6 is 0 Å². The number of alkyl halides is 2. The van der Waals surface area contributed by atoms with Gasteiger partial charge in [-0.3, -0.25) is 9.48 Å². The number of halogens is 2. The van der Waals surface area contributed by atoms with Crippen LogP contribution in [-0.2, 0) is 13.1 Å². The van der Waals surface area contributed by atoms with Gasteiger partial charge < -0.3 is 9.64 Å². The molecule has 32 heavy (non-hydrogen) atoms. The van der Waals surface area contributed by atoms with Gasteiger partial charge in [0, 0.05) is 25.4 Å². The van der Waals surface area contributed by atoms with Gasteiger partial charge in [0.1, 0.15) is 17.0 Å². The lowest BCUT2D eigenvalue weighted by molar-refractivity contribution is 0.0784. The lowest BCUT2D eigenvalue weighted by Crippen LogP contribution is -2.26. The summed E-state index contributed by atoms with van der Waals surface area (Å²) in [6, 6.07) is 10.1. The van der Waals surface area contributed by atoms with E-state index >= 15 is 0 Å². The molecule has 4 rings (SSSR count). The molecule has 0 unspecified atom stereocenters. The Bertz CT molecular complexity index is 1270. The first-order valence-corrected chi connectivity index (χ1v) is 10.0.